The van der Waals surface area contributed by atoms with Crippen LogP contribution in [0.15, 0.2) is 12.2 Å². The number of rotatable bonds is 2. The summed E-state index contributed by atoms with van der Waals surface area (Å²) in [4.78, 5) is 22.0. The lowest BCUT2D eigenvalue weighted by molar-refractivity contribution is -0.111. The maximum absolute atomic E-state index is 11.4. The highest BCUT2D eigenvalue weighted by Crippen LogP contribution is 2.17. The van der Waals surface area contributed by atoms with E-state index in [-0.39, 0.29) is 12.0 Å². The summed E-state index contributed by atoms with van der Waals surface area (Å²) in [6.07, 6.45) is 4.78. The van der Waals surface area contributed by atoms with E-state index >= 15 is 0 Å². The number of nitrogens with one attached hydrogen (secondary N) is 1. The molecule has 1 aliphatic rings. The van der Waals surface area contributed by atoms with E-state index in [0.717, 1.165) is 6.29 Å². The molecule has 0 spiro atoms. The average Bonchev–Trinajstić information content (AvgIpc) is 2.48. The van der Waals surface area contributed by atoms with E-state index in [1.807, 2.05) is 12.2 Å². The van der Waals surface area contributed by atoms with Gasteiger partial charge in [-0.2, -0.15) is 0 Å². The van der Waals surface area contributed by atoms with Crippen LogP contribution in [0.25, 0.3) is 0 Å². The minimum Gasteiger partial charge on any atom is -0.444 e. The van der Waals surface area contributed by atoms with Crippen molar-refractivity contribution in [1.82, 2.24) is 5.32 Å². The molecule has 15 heavy (non-hydrogen) atoms. The smallest absolute Gasteiger partial charge is 0.408 e. The second-order valence-electron chi connectivity index (χ2n) is 4.64. The van der Waals surface area contributed by atoms with Crippen molar-refractivity contribution >= 4 is 12.4 Å². The molecule has 1 amide bonds. The van der Waals surface area contributed by atoms with Crippen LogP contribution in [0, 0.1) is 5.92 Å². The van der Waals surface area contributed by atoms with Gasteiger partial charge in [-0.1, -0.05) is 12.2 Å². The molecule has 0 heterocycles. The zero-order valence-corrected chi connectivity index (χ0v) is 9.32. The van der Waals surface area contributed by atoms with E-state index in [2.05, 4.69) is 5.32 Å². The number of carbonyl (C=O) groups is 2. The van der Waals surface area contributed by atoms with Gasteiger partial charge < -0.3 is 14.8 Å². The van der Waals surface area contributed by atoms with Crippen molar-refractivity contribution in [2.45, 2.75) is 38.8 Å². The van der Waals surface area contributed by atoms with Gasteiger partial charge in [-0.3, -0.25) is 0 Å². The van der Waals surface area contributed by atoms with Crippen molar-refractivity contribution in [3.63, 3.8) is 0 Å². The van der Waals surface area contributed by atoms with Crippen LogP contribution in [0.5, 0.6) is 0 Å². The molecule has 0 aromatic carbocycles. The third-order valence-electron chi connectivity index (χ3n) is 2.07. The molecule has 1 aliphatic carbocycles. The Balaban J connectivity index is 2.44. The predicted octanol–water partition coefficient (Wildman–Crippen LogP) is 1.65. The molecule has 4 nitrogen and oxygen atoms in total. The van der Waals surface area contributed by atoms with Crippen molar-refractivity contribution in [2.75, 3.05) is 0 Å². The first-order valence-electron chi connectivity index (χ1n) is 5.04. The second kappa shape index (κ2) is 4.47. The number of alkyl carbamates (subject to hydrolysis) is 1. The van der Waals surface area contributed by atoms with E-state index in [4.69, 9.17) is 4.74 Å². The summed E-state index contributed by atoms with van der Waals surface area (Å²) in [6, 6.07) is -0.225. The summed E-state index contributed by atoms with van der Waals surface area (Å²) >= 11 is 0. The third kappa shape index (κ3) is 3.73. The Bertz CT molecular complexity index is 278. The summed E-state index contributed by atoms with van der Waals surface area (Å²) in [5, 5.41) is 2.66. The number of hydrogen-bond donors (Lipinski definition) is 1. The molecule has 0 saturated heterocycles. The molecule has 0 radical (unpaired) electrons. The Hall–Kier alpha value is -1.32. The van der Waals surface area contributed by atoms with E-state index < -0.39 is 11.7 Å². The lowest BCUT2D eigenvalue weighted by Gasteiger charge is -2.22. The molecule has 0 unspecified atom stereocenters. The van der Waals surface area contributed by atoms with Crippen molar-refractivity contribution in [3.8, 4) is 0 Å². The molecule has 0 aromatic heterocycles. The number of aldehydes is 1. The van der Waals surface area contributed by atoms with Gasteiger partial charge >= 0.3 is 6.09 Å². The van der Waals surface area contributed by atoms with Crippen LogP contribution in [0.1, 0.15) is 27.2 Å². The number of allylic oxidation sites excluding steroid dienone is 1. The Labute approximate surface area is 89.7 Å². The van der Waals surface area contributed by atoms with E-state index in [0.29, 0.717) is 6.42 Å². The molecule has 0 aromatic rings. The minimum absolute atomic E-state index is 0.155. The number of amides is 1. The quantitative estimate of drug-likeness (QED) is 0.558. The molecule has 2 atom stereocenters. The van der Waals surface area contributed by atoms with Gasteiger partial charge in [0, 0.05) is 5.92 Å². The highest BCUT2D eigenvalue weighted by Gasteiger charge is 2.25. The standard InChI is InChI=1S/C11H17NO3/c1-11(2,3)15-10(14)12-9-6-4-5-8(9)7-13/h4,6-9H,5H2,1-3H3,(H,12,14)/t8-,9-/m0/s1. The molecule has 0 aliphatic heterocycles. The van der Waals surface area contributed by atoms with Crippen molar-refractivity contribution in [2.24, 2.45) is 5.92 Å². The highest BCUT2D eigenvalue weighted by atomic mass is 16.6. The summed E-state index contributed by atoms with van der Waals surface area (Å²) in [6.45, 7) is 5.40. The van der Waals surface area contributed by atoms with Crippen molar-refractivity contribution < 1.29 is 14.3 Å². The van der Waals surface area contributed by atoms with Crippen LogP contribution in [0.3, 0.4) is 0 Å². The first-order chi connectivity index (χ1) is 6.92. The van der Waals surface area contributed by atoms with Gasteiger partial charge in [-0.05, 0) is 27.2 Å². The molecule has 4 heteroatoms. The first-order valence-corrected chi connectivity index (χ1v) is 5.04. The van der Waals surface area contributed by atoms with E-state index in [1.165, 1.54) is 0 Å². The summed E-state index contributed by atoms with van der Waals surface area (Å²) < 4.78 is 5.09. The fourth-order valence-corrected chi connectivity index (χ4v) is 1.41. The first kappa shape index (κ1) is 11.8. The maximum Gasteiger partial charge on any atom is 0.408 e. The Morgan fingerprint density at radius 1 is 1.53 bits per heavy atom. The maximum atomic E-state index is 11.4. The van der Waals surface area contributed by atoms with Crippen LogP contribution in [0.2, 0.25) is 0 Å². The lowest BCUT2D eigenvalue weighted by Crippen LogP contribution is -2.41. The zero-order chi connectivity index (χ0) is 11.5. The zero-order valence-electron chi connectivity index (χ0n) is 9.32. The van der Waals surface area contributed by atoms with Gasteiger partial charge in [0.1, 0.15) is 11.9 Å². The fourth-order valence-electron chi connectivity index (χ4n) is 1.41. The molecular weight excluding hydrogens is 194 g/mol. The Kier molecular flexibility index (Phi) is 3.50. The van der Waals surface area contributed by atoms with Crippen LogP contribution in [0.4, 0.5) is 4.79 Å². The molecule has 1 N–H and O–H groups in total. The number of ether oxygens (including phenoxy) is 1. The van der Waals surface area contributed by atoms with Gasteiger partial charge in [-0.25, -0.2) is 4.79 Å². The van der Waals surface area contributed by atoms with Gasteiger partial charge in [0.2, 0.25) is 0 Å². The van der Waals surface area contributed by atoms with Crippen LogP contribution >= 0.6 is 0 Å². The van der Waals surface area contributed by atoms with Gasteiger partial charge in [0.15, 0.2) is 0 Å². The lowest BCUT2D eigenvalue weighted by atomic mass is 10.1. The normalized spacial score (nSPS) is 25.0. The average molecular weight is 211 g/mol. The van der Waals surface area contributed by atoms with Crippen molar-refractivity contribution in [1.29, 1.82) is 0 Å². The van der Waals surface area contributed by atoms with Gasteiger partial charge in [0.05, 0.1) is 6.04 Å². The van der Waals surface area contributed by atoms with Crippen LogP contribution in [-0.4, -0.2) is 24.0 Å². The SMILES string of the molecule is CC(C)(C)OC(=O)N[C@H]1C=CC[C@H]1C=O. The summed E-state index contributed by atoms with van der Waals surface area (Å²) in [7, 11) is 0. The summed E-state index contributed by atoms with van der Waals surface area (Å²) in [5.41, 5.74) is -0.511. The largest absolute Gasteiger partial charge is 0.444 e. The van der Waals surface area contributed by atoms with Gasteiger partial charge in [0.25, 0.3) is 0 Å². The van der Waals surface area contributed by atoms with Crippen molar-refractivity contribution in [3.05, 3.63) is 12.2 Å². The molecular formula is C11H17NO3. The van der Waals surface area contributed by atoms with E-state index in [1.54, 1.807) is 20.8 Å². The van der Waals surface area contributed by atoms with Gasteiger partial charge in [-0.15, -0.1) is 0 Å². The highest BCUT2D eigenvalue weighted by molar-refractivity contribution is 5.70. The third-order valence-corrected chi connectivity index (χ3v) is 2.07. The van der Waals surface area contributed by atoms with Crippen LogP contribution in [-0.2, 0) is 9.53 Å². The molecule has 0 saturated carbocycles. The van der Waals surface area contributed by atoms with Crippen LogP contribution < -0.4 is 5.32 Å². The predicted molar refractivity (Wildman–Crippen MR) is 56.5 cm³/mol. The topological polar surface area (TPSA) is 55.4 Å². The Morgan fingerprint density at radius 3 is 2.73 bits per heavy atom. The second-order valence-corrected chi connectivity index (χ2v) is 4.64. The van der Waals surface area contributed by atoms with E-state index in [9.17, 15) is 9.59 Å². The molecule has 84 valence electrons. The summed E-state index contributed by atoms with van der Waals surface area (Å²) in [5.74, 6) is -0.155. The fraction of sp³-hybridized carbons (Fsp3) is 0.636. The Morgan fingerprint density at radius 2 is 2.20 bits per heavy atom. The molecule has 0 bridgehead atoms. The number of carbonyl (C=O) groups excluding carboxylic acids is 2. The minimum atomic E-state index is -0.511. The molecule has 0 fully saturated rings. The molecule has 1 rings (SSSR count). The monoisotopic (exact) mass is 211 g/mol. The number of hydrogen-bond acceptors (Lipinski definition) is 3.